The van der Waals surface area contributed by atoms with Gasteiger partial charge in [0, 0.05) is 11.9 Å². The largest absolute Gasteiger partial charge is 0.328 e. The number of carbonyl (C=O) groups excluding carboxylic acids is 1. The van der Waals surface area contributed by atoms with Crippen molar-refractivity contribution < 1.29 is 9.18 Å². The van der Waals surface area contributed by atoms with Crippen molar-refractivity contribution in [3.8, 4) is 0 Å². The van der Waals surface area contributed by atoms with Gasteiger partial charge >= 0.3 is 6.03 Å². The summed E-state index contributed by atoms with van der Waals surface area (Å²) >= 11 is 3.38. The molecule has 1 fully saturated rings. The minimum absolute atomic E-state index is 0.0896. The minimum atomic E-state index is -0.559. The van der Waals surface area contributed by atoms with Crippen LogP contribution in [0.15, 0.2) is 73.4 Å². The fourth-order valence-corrected chi connectivity index (χ4v) is 3.64. The van der Waals surface area contributed by atoms with E-state index in [0.29, 0.717) is 19.4 Å². The molecule has 0 radical (unpaired) electrons. The predicted octanol–water partition coefficient (Wildman–Crippen LogP) is 5.46. The van der Waals surface area contributed by atoms with E-state index in [-0.39, 0.29) is 17.9 Å². The average molecular weight is 433 g/mol. The Hall–Kier alpha value is -2.14. The monoisotopic (exact) mass is 432 g/mol. The maximum absolute atomic E-state index is 13.3. The highest BCUT2D eigenvalue weighted by atomic mass is 79.9. The number of benzene rings is 1. The van der Waals surface area contributed by atoms with Crippen molar-refractivity contribution in [1.82, 2.24) is 10.2 Å². The number of alkyl halides is 1. The molecule has 1 aromatic rings. The zero-order valence-electron chi connectivity index (χ0n) is 15.6. The topological polar surface area (TPSA) is 32.3 Å². The van der Waals surface area contributed by atoms with E-state index in [1.54, 1.807) is 24.3 Å². The Morgan fingerprint density at radius 2 is 2.11 bits per heavy atom. The molecule has 3 nitrogen and oxygen atoms in total. The second-order valence-electron chi connectivity index (χ2n) is 6.59. The number of nitrogens with one attached hydrogen (secondary N) is 1. The smallest absolute Gasteiger partial charge is 0.318 e. The van der Waals surface area contributed by atoms with Crippen LogP contribution in [0.3, 0.4) is 0 Å². The molecule has 2 atom stereocenters. The molecule has 0 spiro atoms. The first-order valence-corrected chi connectivity index (χ1v) is 10.1. The van der Waals surface area contributed by atoms with E-state index in [0.717, 1.165) is 16.5 Å². The Bertz CT molecular complexity index is 741. The SMILES string of the molecule is C=C/C=C(\C=C/CBr)[C@H](C)N1CC[C@](CC=C)(c2ccc(F)cc2)NC1=O. The fourth-order valence-electron chi connectivity index (χ4n) is 3.45. The molecule has 1 aromatic carbocycles. The lowest BCUT2D eigenvalue weighted by molar-refractivity contribution is 0.134. The molecule has 2 amide bonds. The van der Waals surface area contributed by atoms with Crippen molar-refractivity contribution in [2.24, 2.45) is 0 Å². The van der Waals surface area contributed by atoms with Crippen LogP contribution in [0.5, 0.6) is 0 Å². The van der Waals surface area contributed by atoms with Crippen molar-refractivity contribution in [2.45, 2.75) is 31.3 Å². The van der Waals surface area contributed by atoms with Gasteiger partial charge in [-0.1, -0.05) is 65.0 Å². The van der Waals surface area contributed by atoms with E-state index < -0.39 is 5.54 Å². The molecule has 1 saturated heterocycles. The van der Waals surface area contributed by atoms with Crippen molar-refractivity contribution in [3.05, 3.63) is 84.8 Å². The quantitative estimate of drug-likeness (QED) is 0.329. The van der Waals surface area contributed by atoms with Crippen LogP contribution in [-0.4, -0.2) is 28.8 Å². The lowest BCUT2D eigenvalue weighted by Gasteiger charge is -2.44. The van der Waals surface area contributed by atoms with Crippen LogP contribution in [0.25, 0.3) is 0 Å². The van der Waals surface area contributed by atoms with Gasteiger partial charge in [-0.05, 0) is 43.0 Å². The third kappa shape index (κ3) is 4.98. The van der Waals surface area contributed by atoms with Gasteiger partial charge in [0.05, 0.1) is 11.6 Å². The minimum Gasteiger partial charge on any atom is -0.328 e. The van der Waals surface area contributed by atoms with Crippen molar-refractivity contribution in [1.29, 1.82) is 0 Å². The third-order valence-electron chi connectivity index (χ3n) is 4.94. The predicted molar refractivity (Wildman–Crippen MR) is 113 cm³/mol. The van der Waals surface area contributed by atoms with Crippen molar-refractivity contribution >= 4 is 22.0 Å². The number of allylic oxidation sites excluding steroid dienone is 3. The molecular weight excluding hydrogens is 407 g/mol. The third-order valence-corrected chi connectivity index (χ3v) is 5.31. The second-order valence-corrected chi connectivity index (χ2v) is 7.24. The fraction of sp³-hybridized carbons (Fsp3) is 0.318. The van der Waals surface area contributed by atoms with Gasteiger partial charge in [-0.15, -0.1) is 6.58 Å². The van der Waals surface area contributed by atoms with Gasteiger partial charge in [-0.2, -0.15) is 0 Å². The van der Waals surface area contributed by atoms with Crippen molar-refractivity contribution in [2.75, 3.05) is 11.9 Å². The van der Waals surface area contributed by atoms with Crippen molar-refractivity contribution in [3.63, 3.8) is 0 Å². The van der Waals surface area contributed by atoms with Crippen LogP contribution in [0.2, 0.25) is 0 Å². The molecule has 0 aromatic heterocycles. The van der Waals surface area contributed by atoms with Crippen LogP contribution in [-0.2, 0) is 5.54 Å². The Balaban J connectivity index is 2.26. The number of hydrogen-bond acceptors (Lipinski definition) is 1. The maximum Gasteiger partial charge on any atom is 0.318 e. The number of amides is 2. The summed E-state index contributed by atoms with van der Waals surface area (Å²) in [5.41, 5.74) is 1.35. The normalized spacial score (nSPS) is 21.8. The Morgan fingerprint density at radius 1 is 1.41 bits per heavy atom. The molecule has 1 N–H and O–H groups in total. The summed E-state index contributed by atoms with van der Waals surface area (Å²) in [5.74, 6) is -0.289. The summed E-state index contributed by atoms with van der Waals surface area (Å²) < 4.78 is 13.3. The standard InChI is InChI=1S/C22H26BrFN2O/c1-4-7-18(8-6-15-23)17(3)26-16-14-22(13-5-2,25-21(26)27)19-9-11-20(24)12-10-19/h4-12,17H,1-2,13-16H2,3H3,(H,25,27)/b8-6-,18-7+/t17-,22+/m0/s1. The molecule has 0 saturated carbocycles. The molecule has 1 aliphatic rings. The summed E-state index contributed by atoms with van der Waals surface area (Å²) in [4.78, 5) is 14.8. The Labute approximate surface area is 169 Å². The van der Waals surface area contributed by atoms with Gasteiger partial charge < -0.3 is 10.2 Å². The Kier molecular flexibility index (Phi) is 7.60. The summed E-state index contributed by atoms with van der Waals surface area (Å²) in [5, 5.41) is 3.90. The molecule has 144 valence electrons. The Morgan fingerprint density at radius 3 is 2.67 bits per heavy atom. The first-order valence-electron chi connectivity index (χ1n) is 8.98. The van der Waals surface area contributed by atoms with Gasteiger partial charge in [-0.3, -0.25) is 0 Å². The number of hydrogen-bond donors (Lipinski definition) is 1. The number of nitrogens with zero attached hydrogens (tertiary/aromatic N) is 1. The average Bonchev–Trinajstić information content (AvgIpc) is 2.65. The van der Waals surface area contributed by atoms with E-state index in [9.17, 15) is 9.18 Å². The van der Waals surface area contributed by atoms with Crippen LogP contribution >= 0.6 is 15.9 Å². The number of rotatable bonds is 8. The van der Waals surface area contributed by atoms with Gasteiger partial charge in [0.2, 0.25) is 0 Å². The first kappa shape index (κ1) is 21.2. The molecule has 0 bridgehead atoms. The molecule has 5 heteroatoms. The van der Waals surface area contributed by atoms with E-state index in [1.807, 2.05) is 30.1 Å². The van der Waals surface area contributed by atoms with Crippen LogP contribution < -0.4 is 5.32 Å². The van der Waals surface area contributed by atoms with Gasteiger partial charge in [0.15, 0.2) is 0 Å². The van der Waals surface area contributed by atoms with Crippen LogP contribution in [0, 0.1) is 5.82 Å². The molecule has 2 rings (SSSR count). The van der Waals surface area contributed by atoms with E-state index in [4.69, 9.17) is 0 Å². The number of urea groups is 1. The lowest BCUT2D eigenvalue weighted by Crippen LogP contribution is -2.60. The molecular formula is C22H26BrFN2O. The highest BCUT2D eigenvalue weighted by molar-refractivity contribution is 9.09. The van der Waals surface area contributed by atoms with Crippen LogP contribution in [0.4, 0.5) is 9.18 Å². The number of carbonyl (C=O) groups is 1. The summed E-state index contributed by atoms with van der Waals surface area (Å²) in [7, 11) is 0. The molecule has 27 heavy (non-hydrogen) atoms. The molecule has 0 unspecified atom stereocenters. The maximum atomic E-state index is 13.3. The van der Waals surface area contributed by atoms with Gasteiger partial charge in [-0.25, -0.2) is 9.18 Å². The zero-order valence-corrected chi connectivity index (χ0v) is 17.2. The first-order chi connectivity index (χ1) is 13.0. The summed E-state index contributed by atoms with van der Waals surface area (Å²) in [6.45, 7) is 10.2. The summed E-state index contributed by atoms with van der Waals surface area (Å²) in [6, 6.07) is 6.10. The van der Waals surface area contributed by atoms with Crippen LogP contribution in [0.1, 0.15) is 25.3 Å². The van der Waals surface area contributed by atoms with Gasteiger partial charge in [0.25, 0.3) is 0 Å². The van der Waals surface area contributed by atoms with E-state index in [2.05, 4.69) is 34.4 Å². The lowest BCUT2D eigenvalue weighted by atomic mass is 9.81. The molecule has 1 heterocycles. The summed E-state index contributed by atoms with van der Waals surface area (Å²) in [6.07, 6.45) is 10.7. The zero-order chi connectivity index (χ0) is 19.9. The highest BCUT2D eigenvalue weighted by Gasteiger charge is 2.40. The number of halogens is 2. The molecule has 0 aliphatic carbocycles. The second kappa shape index (κ2) is 9.70. The van der Waals surface area contributed by atoms with E-state index in [1.165, 1.54) is 12.1 Å². The van der Waals surface area contributed by atoms with E-state index >= 15 is 0 Å². The molecule has 1 aliphatic heterocycles. The highest BCUT2D eigenvalue weighted by Crippen LogP contribution is 2.34. The van der Waals surface area contributed by atoms with Gasteiger partial charge in [0.1, 0.15) is 5.82 Å².